The zero-order chi connectivity index (χ0) is 15.6. The van der Waals surface area contributed by atoms with E-state index in [0.717, 1.165) is 5.56 Å². The van der Waals surface area contributed by atoms with E-state index in [9.17, 15) is 19.8 Å². The SMILES string of the molecule is Cc1cc(=O)n(CCc2ccc(O)cc2)c(C)c1C(=O)O. The van der Waals surface area contributed by atoms with E-state index in [0.29, 0.717) is 24.2 Å². The van der Waals surface area contributed by atoms with Gasteiger partial charge in [-0.2, -0.15) is 0 Å². The molecule has 1 aromatic carbocycles. The third-order valence-corrected chi connectivity index (χ3v) is 3.54. The molecule has 0 aliphatic rings. The van der Waals surface area contributed by atoms with E-state index in [1.165, 1.54) is 10.6 Å². The molecule has 0 radical (unpaired) electrons. The molecule has 5 nitrogen and oxygen atoms in total. The Labute approximate surface area is 122 Å². The minimum atomic E-state index is -1.02. The van der Waals surface area contributed by atoms with Gasteiger partial charge in [-0.05, 0) is 43.5 Å². The van der Waals surface area contributed by atoms with Crippen LogP contribution >= 0.6 is 0 Å². The molecule has 1 heterocycles. The number of rotatable bonds is 4. The monoisotopic (exact) mass is 287 g/mol. The van der Waals surface area contributed by atoms with Crippen LogP contribution in [0.2, 0.25) is 0 Å². The summed E-state index contributed by atoms with van der Waals surface area (Å²) in [4.78, 5) is 23.3. The molecule has 2 N–H and O–H groups in total. The maximum Gasteiger partial charge on any atom is 0.337 e. The van der Waals surface area contributed by atoms with E-state index in [-0.39, 0.29) is 16.9 Å². The lowest BCUT2D eigenvalue weighted by atomic mass is 10.1. The quantitative estimate of drug-likeness (QED) is 0.902. The number of hydrogen-bond donors (Lipinski definition) is 2. The largest absolute Gasteiger partial charge is 0.508 e. The Morgan fingerprint density at radius 2 is 1.81 bits per heavy atom. The van der Waals surface area contributed by atoms with E-state index < -0.39 is 5.97 Å². The van der Waals surface area contributed by atoms with Gasteiger partial charge >= 0.3 is 5.97 Å². The van der Waals surface area contributed by atoms with Crippen LogP contribution in [0, 0.1) is 13.8 Å². The van der Waals surface area contributed by atoms with Gasteiger partial charge in [-0.15, -0.1) is 0 Å². The molecule has 1 aromatic heterocycles. The highest BCUT2D eigenvalue weighted by Crippen LogP contribution is 2.13. The first-order valence-corrected chi connectivity index (χ1v) is 6.62. The smallest absolute Gasteiger partial charge is 0.337 e. The number of aromatic nitrogens is 1. The molecule has 0 amide bonds. The van der Waals surface area contributed by atoms with Crippen LogP contribution < -0.4 is 5.56 Å². The second-order valence-electron chi connectivity index (χ2n) is 5.00. The normalized spacial score (nSPS) is 10.6. The summed E-state index contributed by atoms with van der Waals surface area (Å²) in [7, 11) is 0. The maximum atomic E-state index is 12.0. The van der Waals surface area contributed by atoms with Gasteiger partial charge in [0.05, 0.1) is 5.56 Å². The Balaban J connectivity index is 2.32. The fraction of sp³-hybridized carbons (Fsp3) is 0.250. The van der Waals surface area contributed by atoms with Crippen molar-refractivity contribution in [3.8, 4) is 5.75 Å². The average Bonchev–Trinajstić information content (AvgIpc) is 2.39. The lowest BCUT2D eigenvalue weighted by Crippen LogP contribution is -2.26. The molecule has 0 spiro atoms. The van der Waals surface area contributed by atoms with Gasteiger partial charge in [0.2, 0.25) is 0 Å². The van der Waals surface area contributed by atoms with Crippen molar-refractivity contribution in [1.82, 2.24) is 4.57 Å². The highest BCUT2D eigenvalue weighted by molar-refractivity contribution is 5.90. The Bertz CT molecular complexity index is 729. The van der Waals surface area contributed by atoms with Crippen LogP contribution in [0.15, 0.2) is 35.1 Å². The van der Waals surface area contributed by atoms with E-state index in [1.807, 2.05) is 0 Å². The van der Waals surface area contributed by atoms with E-state index >= 15 is 0 Å². The summed E-state index contributed by atoms with van der Waals surface area (Å²) in [5.74, 6) is -0.834. The zero-order valence-corrected chi connectivity index (χ0v) is 12.0. The number of phenols is 1. The van der Waals surface area contributed by atoms with Crippen molar-refractivity contribution in [2.45, 2.75) is 26.8 Å². The molecule has 0 saturated carbocycles. The van der Waals surface area contributed by atoms with Crippen molar-refractivity contribution in [3.63, 3.8) is 0 Å². The Kier molecular flexibility index (Phi) is 4.12. The summed E-state index contributed by atoms with van der Waals surface area (Å²) in [6, 6.07) is 8.09. The predicted molar refractivity (Wildman–Crippen MR) is 78.9 cm³/mol. The first-order chi connectivity index (χ1) is 9.90. The zero-order valence-electron chi connectivity index (χ0n) is 12.0. The molecule has 5 heteroatoms. The minimum absolute atomic E-state index is 0.181. The lowest BCUT2D eigenvalue weighted by Gasteiger charge is -2.14. The highest BCUT2D eigenvalue weighted by Gasteiger charge is 2.15. The number of phenolic OH excluding ortho intramolecular Hbond substituents is 1. The van der Waals surface area contributed by atoms with Gasteiger partial charge in [-0.3, -0.25) is 4.79 Å². The van der Waals surface area contributed by atoms with Gasteiger partial charge in [-0.25, -0.2) is 4.79 Å². The molecule has 0 unspecified atom stereocenters. The van der Waals surface area contributed by atoms with Crippen molar-refractivity contribution >= 4 is 5.97 Å². The molecule has 2 rings (SSSR count). The summed E-state index contributed by atoms with van der Waals surface area (Å²) < 4.78 is 1.48. The van der Waals surface area contributed by atoms with Gasteiger partial charge in [0.25, 0.3) is 5.56 Å². The van der Waals surface area contributed by atoms with Crippen LogP contribution in [0.4, 0.5) is 0 Å². The Hall–Kier alpha value is -2.56. The summed E-state index contributed by atoms with van der Waals surface area (Å²) in [5, 5.41) is 18.5. The molecule has 0 saturated heterocycles. The van der Waals surface area contributed by atoms with Gasteiger partial charge in [0.15, 0.2) is 0 Å². The molecule has 0 fully saturated rings. The topological polar surface area (TPSA) is 79.5 Å². The summed E-state index contributed by atoms with van der Waals surface area (Å²) in [6.07, 6.45) is 0.586. The van der Waals surface area contributed by atoms with Crippen molar-refractivity contribution in [3.05, 3.63) is 63.1 Å². The van der Waals surface area contributed by atoms with Crippen LogP contribution in [0.3, 0.4) is 0 Å². The van der Waals surface area contributed by atoms with E-state index in [2.05, 4.69) is 0 Å². The minimum Gasteiger partial charge on any atom is -0.508 e. The summed E-state index contributed by atoms with van der Waals surface area (Å²) >= 11 is 0. The fourth-order valence-electron chi connectivity index (χ4n) is 2.43. The summed E-state index contributed by atoms with van der Waals surface area (Å²) in [6.45, 7) is 3.67. The summed E-state index contributed by atoms with van der Waals surface area (Å²) in [5.41, 5.74) is 1.89. The standard InChI is InChI=1S/C16H17NO4/c1-10-9-14(19)17(11(2)15(10)16(20)21)8-7-12-3-5-13(18)6-4-12/h3-6,9,18H,7-8H2,1-2H3,(H,20,21). The number of carbonyl (C=O) groups is 1. The van der Waals surface area contributed by atoms with Crippen LogP contribution in [-0.2, 0) is 13.0 Å². The van der Waals surface area contributed by atoms with Crippen LogP contribution in [0.25, 0.3) is 0 Å². The Morgan fingerprint density at radius 3 is 2.38 bits per heavy atom. The number of aromatic hydroxyl groups is 1. The number of nitrogens with zero attached hydrogens (tertiary/aromatic N) is 1. The molecule has 21 heavy (non-hydrogen) atoms. The molecular weight excluding hydrogens is 270 g/mol. The van der Waals surface area contributed by atoms with E-state index in [1.54, 1.807) is 38.1 Å². The van der Waals surface area contributed by atoms with Gasteiger partial charge in [-0.1, -0.05) is 12.1 Å². The first kappa shape index (κ1) is 14.8. The number of benzene rings is 1. The third kappa shape index (κ3) is 3.13. The second kappa shape index (κ2) is 5.83. The molecule has 0 atom stereocenters. The van der Waals surface area contributed by atoms with Crippen molar-refractivity contribution < 1.29 is 15.0 Å². The second-order valence-corrected chi connectivity index (χ2v) is 5.00. The van der Waals surface area contributed by atoms with Crippen LogP contribution in [0.5, 0.6) is 5.75 Å². The fourth-order valence-corrected chi connectivity index (χ4v) is 2.43. The van der Waals surface area contributed by atoms with Gasteiger partial charge in [0, 0.05) is 18.3 Å². The molecule has 110 valence electrons. The number of aromatic carboxylic acids is 1. The van der Waals surface area contributed by atoms with Crippen LogP contribution in [-0.4, -0.2) is 20.7 Å². The molecule has 0 aliphatic heterocycles. The highest BCUT2D eigenvalue weighted by atomic mass is 16.4. The first-order valence-electron chi connectivity index (χ1n) is 6.62. The average molecular weight is 287 g/mol. The maximum absolute atomic E-state index is 12.0. The number of carboxylic acids is 1. The molecule has 2 aromatic rings. The number of pyridine rings is 1. The van der Waals surface area contributed by atoms with Crippen LogP contribution in [0.1, 0.15) is 27.2 Å². The predicted octanol–water partition coefficient (Wildman–Crippen LogP) is 2.11. The molecule has 0 aliphatic carbocycles. The Morgan fingerprint density at radius 1 is 1.19 bits per heavy atom. The molecule has 0 bridgehead atoms. The molecular formula is C16H17NO4. The number of aryl methyl sites for hydroxylation is 2. The van der Waals surface area contributed by atoms with Gasteiger partial charge < -0.3 is 14.8 Å². The van der Waals surface area contributed by atoms with Crippen molar-refractivity contribution in [1.29, 1.82) is 0 Å². The lowest BCUT2D eigenvalue weighted by molar-refractivity contribution is 0.0694. The van der Waals surface area contributed by atoms with Crippen molar-refractivity contribution in [2.24, 2.45) is 0 Å². The van der Waals surface area contributed by atoms with Gasteiger partial charge in [0.1, 0.15) is 5.75 Å². The number of hydrogen-bond acceptors (Lipinski definition) is 3. The third-order valence-electron chi connectivity index (χ3n) is 3.54. The number of carboxylic acid groups (broad SMARTS) is 1. The van der Waals surface area contributed by atoms with E-state index in [4.69, 9.17) is 0 Å². The van der Waals surface area contributed by atoms with Crippen molar-refractivity contribution in [2.75, 3.05) is 0 Å².